The molecule has 0 saturated heterocycles. The molecular weight excluding hydrogens is 142 g/mol. The molecule has 0 rings (SSSR count). The molecule has 0 radical (unpaired) electrons. The van der Waals surface area contributed by atoms with Gasteiger partial charge in [-0.1, -0.05) is 0 Å². The van der Waals surface area contributed by atoms with Gasteiger partial charge >= 0.3 is 37.7 Å². The molecule has 0 spiro atoms. The fraction of sp³-hybridized carbons (Fsp3) is 0. The van der Waals surface area contributed by atoms with Crippen molar-refractivity contribution in [2.24, 2.45) is 0 Å². The van der Waals surface area contributed by atoms with Gasteiger partial charge in [0.15, 0.2) is 0 Å². The molecule has 0 heterocycles. The fourth-order valence-electron chi connectivity index (χ4n) is 0. The monoisotopic (exact) mass is 146 g/mol. The quantitative estimate of drug-likeness (QED) is 0.190. The molecule has 0 aliphatic heterocycles. The van der Waals surface area contributed by atoms with Crippen LogP contribution in [0.3, 0.4) is 0 Å². The van der Waals surface area contributed by atoms with E-state index in [1.54, 1.807) is 0 Å². The summed E-state index contributed by atoms with van der Waals surface area (Å²) in [6.07, 6.45) is 0. The van der Waals surface area contributed by atoms with E-state index >= 15 is 0 Å². The van der Waals surface area contributed by atoms with Crippen LogP contribution in [-0.2, 0) is 10.4 Å². The van der Waals surface area contributed by atoms with Crippen molar-refractivity contribution in [1.82, 2.24) is 0 Å². The molecule has 9 heteroatoms. The third-order valence-electron chi connectivity index (χ3n) is 0. The molecule has 48 valence electrons. The van der Waals surface area contributed by atoms with Crippen LogP contribution in [0.1, 0.15) is 0 Å². The van der Waals surface area contributed by atoms with Gasteiger partial charge in [-0.25, -0.2) is 0 Å². The van der Waals surface area contributed by atoms with Crippen LogP contribution in [0.15, 0.2) is 0 Å². The van der Waals surface area contributed by atoms with Gasteiger partial charge < -0.3 is 20.1 Å². The summed E-state index contributed by atoms with van der Waals surface area (Å²) in [5, 5.41) is 0. The zero-order valence-corrected chi connectivity index (χ0v) is 5.86. The van der Waals surface area contributed by atoms with E-state index in [2.05, 4.69) is 0 Å². The molecule has 0 fully saturated rings. The van der Waals surface area contributed by atoms with E-state index in [0.717, 1.165) is 0 Å². The molecule has 9 heavy (non-hydrogen) atoms. The Labute approximate surface area is 76.6 Å². The zero-order valence-electron chi connectivity index (χ0n) is 5.04. The minimum Gasteiger partial charge on any atom is -0.759 e. The van der Waals surface area contributed by atoms with Crippen LogP contribution in [0.5, 0.6) is 0 Å². The van der Waals surface area contributed by atoms with Gasteiger partial charge in [0.05, 0.1) is 0 Å². The average molecular weight is 146 g/mol. The summed E-state index contributed by atoms with van der Waals surface area (Å²) in [6, 6.07) is 0. The first kappa shape index (κ1) is 32.4. The topological polar surface area (TPSA) is 143 Å². The van der Waals surface area contributed by atoms with E-state index in [1.807, 2.05) is 0 Å². The third-order valence-corrected chi connectivity index (χ3v) is 0. The summed E-state index contributed by atoms with van der Waals surface area (Å²) < 4.78 is 34.1. The summed E-state index contributed by atoms with van der Waals surface area (Å²) >= 11 is 0. The predicted molar refractivity (Wildman–Crippen MR) is 17.7 cm³/mol. The van der Waals surface area contributed by atoms with Crippen molar-refractivity contribution in [3.05, 3.63) is 0 Å². The van der Waals surface area contributed by atoms with Gasteiger partial charge in [-0.15, -0.1) is 0 Å². The molecule has 0 aromatic rings. The van der Waals surface area contributed by atoms with Gasteiger partial charge in [0.25, 0.3) is 0 Å². The van der Waals surface area contributed by atoms with Crippen LogP contribution in [0.25, 0.3) is 0 Å². The third kappa shape index (κ3) is 452. The maximum absolute atomic E-state index is 8.52. The van der Waals surface area contributed by atoms with Gasteiger partial charge in [0, 0.05) is 10.4 Å². The van der Waals surface area contributed by atoms with Crippen LogP contribution < -0.4 is 37.7 Å². The summed E-state index contributed by atoms with van der Waals surface area (Å²) in [7, 11) is -5.17. The van der Waals surface area contributed by atoms with Crippen molar-refractivity contribution < 1.29 is 66.2 Å². The molecular formula is H4Li2O6S. The van der Waals surface area contributed by atoms with E-state index in [9.17, 15) is 0 Å². The Kier molecular flexibility index (Phi) is 42.3. The van der Waals surface area contributed by atoms with Crippen molar-refractivity contribution in [3.8, 4) is 0 Å². The molecule has 0 saturated carbocycles. The van der Waals surface area contributed by atoms with Crippen LogP contribution in [0.2, 0.25) is 0 Å². The van der Waals surface area contributed by atoms with Gasteiger partial charge in [0.2, 0.25) is 0 Å². The standard InChI is InChI=1S/2Li.H2O4S.2H2O/c;;1-5(2,3)4;;/h;;(H2,1,2,3,4);2*1H2/q2*+1;;;/p-2. The average Bonchev–Trinajstić information content (AvgIpc) is 0.722. The Hall–Kier alpha value is 0.985. The molecule has 4 N–H and O–H groups in total. The smallest absolute Gasteiger partial charge is 0.759 e. The second-order valence-electron chi connectivity index (χ2n) is 0.408. The molecule has 0 aliphatic carbocycles. The SMILES string of the molecule is O.O.O=S(=O)([O-])[O-].[Li+].[Li+]. The minimum absolute atomic E-state index is 0. The Bertz CT molecular complexity index is 94.2. The molecule has 0 bridgehead atoms. The molecule has 6 nitrogen and oxygen atoms in total. The van der Waals surface area contributed by atoms with Crippen molar-refractivity contribution >= 4 is 10.4 Å². The van der Waals surface area contributed by atoms with Crippen LogP contribution in [-0.4, -0.2) is 28.5 Å². The molecule has 0 unspecified atom stereocenters. The summed E-state index contributed by atoms with van der Waals surface area (Å²) in [5.41, 5.74) is 0. The Morgan fingerprint density at radius 1 is 0.889 bits per heavy atom. The first-order chi connectivity index (χ1) is 2.00. The van der Waals surface area contributed by atoms with E-state index in [-0.39, 0.29) is 48.7 Å². The second kappa shape index (κ2) is 11.7. The Morgan fingerprint density at radius 2 is 0.889 bits per heavy atom. The van der Waals surface area contributed by atoms with Crippen molar-refractivity contribution in [1.29, 1.82) is 0 Å². The van der Waals surface area contributed by atoms with E-state index in [4.69, 9.17) is 17.5 Å². The second-order valence-corrected chi connectivity index (χ2v) is 1.22. The first-order valence-corrected chi connectivity index (χ1v) is 2.00. The zero-order chi connectivity index (χ0) is 4.50. The molecule has 0 atom stereocenters. The first-order valence-electron chi connectivity index (χ1n) is 0.667. The fourth-order valence-corrected chi connectivity index (χ4v) is 0. The summed E-state index contributed by atoms with van der Waals surface area (Å²) in [5.74, 6) is 0. The number of rotatable bonds is 0. The maximum Gasteiger partial charge on any atom is 1.00 e. The summed E-state index contributed by atoms with van der Waals surface area (Å²) in [4.78, 5) is 0. The largest absolute Gasteiger partial charge is 1.00 e. The van der Waals surface area contributed by atoms with Gasteiger partial charge in [0.1, 0.15) is 0 Å². The van der Waals surface area contributed by atoms with Crippen LogP contribution in [0, 0.1) is 0 Å². The van der Waals surface area contributed by atoms with E-state index in [0.29, 0.717) is 0 Å². The predicted octanol–water partition coefficient (Wildman–Crippen LogP) is -8.98. The van der Waals surface area contributed by atoms with E-state index in [1.165, 1.54) is 0 Å². The van der Waals surface area contributed by atoms with Crippen molar-refractivity contribution in [2.45, 2.75) is 0 Å². The van der Waals surface area contributed by atoms with Crippen LogP contribution >= 0.6 is 0 Å². The minimum atomic E-state index is -5.17. The Balaban J connectivity index is -0.0000000133. The summed E-state index contributed by atoms with van der Waals surface area (Å²) in [6.45, 7) is 0. The molecule has 0 aliphatic rings. The molecule has 0 amide bonds. The van der Waals surface area contributed by atoms with Gasteiger partial charge in [-0.3, -0.25) is 8.42 Å². The molecule has 0 aromatic heterocycles. The maximum atomic E-state index is 8.52. The van der Waals surface area contributed by atoms with Crippen LogP contribution in [0.4, 0.5) is 0 Å². The molecule has 0 aromatic carbocycles. The normalized spacial score (nSPS) is 6.44. The Morgan fingerprint density at radius 3 is 0.889 bits per heavy atom. The van der Waals surface area contributed by atoms with Gasteiger partial charge in [-0.05, 0) is 0 Å². The number of hydrogen-bond acceptors (Lipinski definition) is 4. The number of hydrogen-bond donors (Lipinski definition) is 0. The van der Waals surface area contributed by atoms with Crippen molar-refractivity contribution in [3.63, 3.8) is 0 Å². The van der Waals surface area contributed by atoms with Gasteiger partial charge in [-0.2, -0.15) is 0 Å². The van der Waals surface area contributed by atoms with E-state index < -0.39 is 10.4 Å². The van der Waals surface area contributed by atoms with Crippen molar-refractivity contribution in [2.75, 3.05) is 0 Å².